The maximum atomic E-state index is 12.8. The molecule has 2 aromatic rings. The van der Waals surface area contributed by atoms with Crippen LogP contribution in [0.15, 0.2) is 48.5 Å². The summed E-state index contributed by atoms with van der Waals surface area (Å²) >= 11 is 0. The van der Waals surface area contributed by atoms with Crippen molar-refractivity contribution >= 4 is 17.5 Å². The molecule has 1 unspecified atom stereocenters. The fourth-order valence-corrected chi connectivity index (χ4v) is 4.09. The number of para-hydroxylation sites is 1. The van der Waals surface area contributed by atoms with Gasteiger partial charge < -0.3 is 10.2 Å². The molecule has 1 aliphatic carbocycles. The molecule has 1 aliphatic heterocycles. The van der Waals surface area contributed by atoms with Crippen molar-refractivity contribution in [2.75, 3.05) is 11.4 Å². The fourth-order valence-electron chi connectivity index (χ4n) is 4.09. The molecular formula is C22H21N3O2. The third kappa shape index (κ3) is 3.31. The highest BCUT2D eigenvalue weighted by molar-refractivity contribution is 6.01. The Balaban J connectivity index is 1.51. The van der Waals surface area contributed by atoms with Gasteiger partial charge in [-0.05, 0) is 42.0 Å². The smallest absolute Gasteiger partial charge is 0.241 e. The molecule has 2 aromatic carbocycles. The molecule has 2 aliphatic rings. The van der Waals surface area contributed by atoms with Gasteiger partial charge in [-0.15, -0.1) is 0 Å². The van der Waals surface area contributed by atoms with Crippen LogP contribution >= 0.6 is 0 Å². The summed E-state index contributed by atoms with van der Waals surface area (Å²) in [6.45, 7) is -0.0546. The molecule has 1 N–H and O–H groups in total. The summed E-state index contributed by atoms with van der Waals surface area (Å²) in [5.41, 5.74) is 3.29. The van der Waals surface area contributed by atoms with Crippen LogP contribution in [0, 0.1) is 11.3 Å². The average Bonchev–Trinajstić information content (AvgIpc) is 2.70. The van der Waals surface area contributed by atoms with Crippen LogP contribution in [-0.2, 0) is 28.9 Å². The van der Waals surface area contributed by atoms with E-state index in [0.717, 1.165) is 23.2 Å². The van der Waals surface area contributed by atoms with Gasteiger partial charge in [0.2, 0.25) is 11.8 Å². The zero-order valence-electron chi connectivity index (χ0n) is 15.1. The number of benzene rings is 2. The molecule has 4 rings (SSSR count). The first-order valence-corrected chi connectivity index (χ1v) is 9.27. The van der Waals surface area contributed by atoms with E-state index < -0.39 is 5.54 Å². The van der Waals surface area contributed by atoms with E-state index in [1.165, 1.54) is 10.5 Å². The Hall–Kier alpha value is -3.13. The van der Waals surface area contributed by atoms with Crippen LogP contribution in [0.2, 0.25) is 0 Å². The van der Waals surface area contributed by atoms with Crippen LogP contribution in [0.1, 0.15) is 29.5 Å². The van der Waals surface area contributed by atoms with Crippen molar-refractivity contribution in [3.8, 4) is 6.07 Å². The average molecular weight is 359 g/mol. The number of aryl methyl sites for hydroxylation is 2. The number of amides is 2. The van der Waals surface area contributed by atoms with E-state index in [9.17, 15) is 14.9 Å². The molecule has 0 fully saturated rings. The number of anilines is 1. The Labute approximate surface area is 158 Å². The third-order valence-electron chi connectivity index (χ3n) is 5.52. The molecule has 2 amide bonds. The van der Waals surface area contributed by atoms with Crippen LogP contribution in [0.5, 0.6) is 0 Å². The second kappa shape index (κ2) is 6.88. The molecule has 0 bridgehead atoms. The van der Waals surface area contributed by atoms with Crippen molar-refractivity contribution in [1.82, 2.24) is 5.32 Å². The van der Waals surface area contributed by atoms with Crippen molar-refractivity contribution in [3.63, 3.8) is 0 Å². The Bertz CT molecular complexity index is 947. The van der Waals surface area contributed by atoms with Crippen LogP contribution < -0.4 is 10.2 Å². The third-order valence-corrected chi connectivity index (χ3v) is 5.52. The molecule has 1 heterocycles. The maximum Gasteiger partial charge on any atom is 0.241 e. The summed E-state index contributed by atoms with van der Waals surface area (Å²) in [4.78, 5) is 26.7. The molecule has 0 saturated heterocycles. The Morgan fingerprint density at radius 2 is 1.74 bits per heavy atom. The molecular weight excluding hydrogens is 338 g/mol. The largest absolute Gasteiger partial charge is 0.336 e. The predicted octanol–water partition coefficient (Wildman–Crippen LogP) is 2.53. The van der Waals surface area contributed by atoms with E-state index >= 15 is 0 Å². The first-order chi connectivity index (χ1) is 13.1. The molecule has 1 atom stereocenters. The van der Waals surface area contributed by atoms with E-state index in [1.54, 1.807) is 0 Å². The van der Waals surface area contributed by atoms with E-state index in [2.05, 4.69) is 17.5 Å². The summed E-state index contributed by atoms with van der Waals surface area (Å²) in [7, 11) is 0. The normalized spacial score (nSPS) is 21.0. The topological polar surface area (TPSA) is 73.2 Å². The lowest BCUT2D eigenvalue weighted by Crippen LogP contribution is -2.54. The summed E-state index contributed by atoms with van der Waals surface area (Å²) in [5, 5.41) is 12.7. The van der Waals surface area contributed by atoms with Gasteiger partial charge in [0.1, 0.15) is 12.1 Å². The van der Waals surface area contributed by atoms with Gasteiger partial charge in [-0.25, -0.2) is 0 Å². The highest BCUT2D eigenvalue weighted by Crippen LogP contribution is 2.30. The van der Waals surface area contributed by atoms with Crippen LogP contribution in [-0.4, -0.2) is 23.9 Å². The second-order valence-corrected chi connectivity index (χ2v) is 7.30. The van der Waals surface area contributed by atoms with Crippen LogP contribution in [0.4, 0.5) is 5.69 Å². The molecule has 136 valence electrons. The molecule has 5 nitrogen and oxygen atoms in total. The van der Waals surface area contributed by atoms with E-state index in [1.807, 2.05) is 42.5 Å². The number of nitrogens with one attached hydrogen (secondary N) is 1. The minimum atomic E-state index is -0.913. The van der Waals surface area contributed by atoms with Crippen molar-refractivity contribution in [3.05, 3.63) is 65.2 Å². The summed E-state index contributed by atoms with van der Waals surface area (Å²) in [6, 6.07) is 18.0. The zero-order chi connectivity index (χ0) is 18.9. The lowest BCUT2D eigenvalue weighted by atomic mass is 9.79. The lowest BCUT2D eigenvalue weighted by molar-refractivity contribution is -0.125. The maximum absolute atomic E-state index is 12.8. The monoisotopic (exact) mass is 359 g/mol. The second-order valence-electron chi connectivity index (χ2n) is 7.30. The van der Waals surface area contributed by atoms with E-state index in [-0.39, 0.29) is 18.4 Å². The van der Waals surface area contributed by atoms with Gasteiger partial charge in [0.15, 0.2) is 0 Å². The Kier molecular flexibility index (Phi) is 4.41. The number of carbonyl (C=O) groups excluding carboxylic acids is 2. The molecule has 0 aromatic heterocycles. The van der Waals surface area contributed by atoms with Gasteiger partial charge in [-0.2, -0.15) is 5.26 Å². The zero-order valence-corrected chi connectivity index (χ0v) is 15.1. The number of nitriles is 1. The van der Waals surface area contributed by atoms with Gasteiger partial charge >= 0.3 is 0 Å². The molecule has 0 spiro atoms. The highest BCUT2D eigenvalue weighted by atomic mass is 16.2. The SMILES string of the molecule is N#CC1(NC(=O)CN2C(=O)CCc3ccccc32)CCc2ccccc2C1. The predicted molar refractivity (Wildman–Crippen MR) is 102 cm³/mol. The molecule has 5 heteroatoms. The van der Waals surface area contributed by atoms with Gasteiger partial charge in [0.25, 0.3) is 0 Å². The van der Waals surface area contributed by atoms with Gasteiger partial charge in [-0.3, -0.25) is 9.59 Å². The summed E-state index contributed by atoms with van der Waals surface area (Å²) < 4.78 is 0. The number of nitrogens with zero attached hydrogens (tertiary/aromatic N) is 2. The first kappa shape index (κ1) is 17.3. The number of rotatable bonds is 3. The number of hydrogen-bond acceptors (Lipinski definition) is 3. The van der Waals surface area contributed by atoms with E-state index in [4.69, 9.17) is 0 Å². The number of hydrogen-bond donors (Lipinski definition) is 1. The van der Waals surface area contributed by atoms with Crippen molar-refractivity contribution in [1.29, 1.82) is 5.26 Å². The first-order valence-electron chi connectivity index (χ1n) is 9.27. The van der Waals surface area contributed by atoms with Crippen molar-refractivity contribution < 1.29 is 9.59 Å². The van der Waals surface area contributed by atoms with E-state index in [0.29, 0.717) is 25.7 Å². The quantitative estimate of drug-likeness (QED) is 0.915. The van der Waals surface area contributed by atoms with Gasteiger partial charge in [0.05, 0.1) is 6.07 Å². The highest BCUT2D eigenvalue weighted by Gasteiger charge is 2.37. The molecule has 0 saturated carbocycles. The minimum Gasteiger partial charge on any atom is -0.336 e. The van der Waals surface area contributed by atoms with Crippen molar-refractivity contribution in [2.24, 2.45) is 0 Å². The molecule has 0 radical (unpaired) electrons. The van der Waals surface area contributed by atoms with Crippen LogP contribution in [0.25, 0.3) is 0 Å². The minimum absolute atomic E-state index is 0.0520. The number of carbonyl (C=O) groups is 2. The van der Waals surface area contributed by atoms with Crippen LogP contribution in [0.3, 0.4) is 0 Å². The lowest BCUT2D eigenvalue weighted by Gasteiger charge is -2.34. The van der Waals surface area contributed by atoms with Crippen molar-refractivity contribution in [2.45, 2.75) is 37.6 Å². The summed E-state index contributed by atoms with van der Waals surface area (Å²) in [5.74, 6) is -0.343. The Morgan fingerprint density at radius 1 is 1.04 bits per heavy atom. The van der Waals surface area contributed by atoms with Gasteiger partial charge in [-0.1, -0.05) is 42.5 Å². The number of fused-ring (bicyclic) bond motifs is 2. The van der Waals surface area contributed by atoms with Gasteiger partial charge in [0, 0.05) is 18.5 Å². The molecule has 27 heavy (non-hydrogen) atoms. The summed E-state index contributed by atoms with van der Waals surface area (Å²) in [6.07, 6.45) is 2.94. The standard InChI is InChI=1S/C22H21N3O2/c23-15-22(12-11-16-5-1-2-7-18(16)13-22)24-20(26)14-25-19-8-4-3-6-17(19)9-10-21(25)27/h1-8H,9-14H2,(H,24,26). The fraction of sp³-hybridized carbons (Fsp3) is 0.318. The Morgan fingerprint density at radius 3 is 2.52 bits per heavy atom.